The Morgan fingerprint density at radius 2 is 2.00 bits per heavy atom. The van der Waals surface area contributed by atoms with Crippen LogP contribution in [0.15, 0.2) is 30.3 Å². The summed E-state index contributed by atoms with van der Waals surface area (Å²) in [5.41, 5.74) is 0.814. The first-order valence-corrected chi connectivity index (χ1v) is 9.64. The van der Waals surface area contributed by atoms with E-state index in [1.807, 2.05) is 0 Å². The van der Waals surface area contributed by atoms with Crippen molar-refractivity contribution in [3.63, 3.8) is 0 Å². The Labute approximate surface area is 146 Å². The first kappa shape index (κ1) is 18.5. The van der Waals surface area contributed by atoms with Gasteiger partial charge in [0.1, 0.15) is 0 Å². The second kappa shape index (κ2) is 7.81. The molecule has 6 nitrogen and oxygen atoms in total. The molecule has 130 valence electrons. The first-order valence-electron chi connectivity index (χ1n) is 7.44. The Morgan fingerprint density at radius 1 is 1.33 bits per heavy atom. The molecule has 8 heteroatoms. The summed E-state index contributed by atoms with van der Waals surface area (Å²) in [4.78, 5) is 25.2. The molecule has 0 aromatic heterocycles. The highest BCUT2D eigenvalue weighted by molar-refractivity contribution is 7.91. The molecule has 1 N–H and O–H groups in total. The summed E-state index contributed by atoms with van der Waals surface area (Å²) in [6, 6.07) is 6.65. The van der Waals surface area contributed by atoms with Crippen molar-refractivity contribution in [3.8, 4) is 0 Å². The number of hydrogen-bond acceptors (Lipinski definition) is 4. The van der Waals surface area contributed by atoms with Gasteiger partial charge >= 0.3 is 0 Å². The lowest BCUT2D eigenvalue weighted by Gasteiger charge is -2.23. The molecule has 1 aliphatic heterocycles. The molecule has 0 bridgehead atoms. The molecule has 1 unspecified atom stereocenters. The SMILES string of the molecule is CN(C(=O)CNC(=O)/C=C/c1ccc(Cl)cc1)C1CCS(=O)(=O)C1. The van der Waals surface area contributed by atoms with Crippen LogP contribution in [0.1, 0.15) is 12.0 Å². The van der Waals surface area contributed by atoms with Gasteiger partial charge in [0.05, 0.1) is 18.1 Å². The zero-order chi connectivity index (χ0) is 17.7. The number of likely N-dealkylation sites (N-methyl/N-ethyl adjacent to an activating group) is 1. The van der Waals surface area contributed by atoms with E-state index in [0.717, 1.165) is 5.56 Å². The number of nitrogens with zero attached hydrogens (tertiary/aromatic N) is 1. The smallest absolute Gasteiger partial charge is 0.244 e. The predicted molar refractivity (Wildman–Crippen MR) is 93.3 cm³/mol. The highest BCUT2D eigenvalue weighted by Gasteiger charge is 2.32. The second-order valence-corrected chi connectivity index (χ2v) is 8.33. The molecule has 1 fully saturated rings. The van der Waals surface area contributed by atoms with E-state index in [-0.39, 0.29) is 30.0 Å². The minimum atomic E-state index is -3.05. The molecule has 1 aliphatic rings. The van der Waals surface area contributed by atoms with Crippen molar-refractivity contribution in [2.45, 2.75) is 12.5 Å². The van der Waals surface area contributed by atoms with Gasteiger partial charge in [-0.1, -0.05) is 23.7 Å². The number of nitrogens with one attached hydrogen (secondary N) is 1. The fourth-order valence-electron chi connectivity index (χ4n) is 2.38. The third kappa shape index (κ3) is 5.35. The average Bonchev–Trinajstić information content (AvgIpc) is 2.91. The summed E-state index contributed by atoms with van der Waals surface area (Å²) in [7, 11) is -1.49. The Bertz CT molecular complexity index is 744. The van der Waals surface area contributed by atoms with Gasteiger partial charge < -0.3 is 10.2 Å². The fourth-order valence-corrected chi connectivity index (χ4v) is 4.28. The van der Waals surface area contributed by atoms with Crippen molar-refractivity contribution in [1.29, 1.82) is 0 Å². The van der Waals surface area contributed by atoms with Crippen LogP contribution in [0.3, 0.4) is 0 Å². The van der Waals surface area contributed by atoms with Crippen molar-refractivity contribution in [2.75, 3.05) is 25.1 Å². The van der Waals surface area contributed by atoms with Gasteiger partial charge in [-0.05, 0) is 30.2 Å². The van der Waals surface area contributed by atoms with E-state index in [0.29, 0.717) is 11.4 Å². The molecular weight excluding hydrogens is 352 g/mol. The van der Waals surface area contributed by atoms with E-state index >= 15 is 0 Å². The molecule has 1 aromatic carbocycles. The van der Waals surface area contributed by atoms with Gasteiger partial charge in [0, 0.05) is 24.2 Å². The van der Waals surface area contributed by atoms with Crippen molar-refractivity contribution >= 4 is 39.3 Å². The van der Waals surface area contributed by atoms with Gasteiger partial charge in [0.2, 0.25) is 11.8 Å². The number of carbonyl (C=O) groups excluding carboxylic acids is 2. The number of rotatable bonds is 5. The Balaban J connectivity index is 1.80. The molecule has 0 spiro atoms. The van der Waals surface area contributed by atoms with Crippen LogP contribution in [0, 0.1) is 0 Å². The lowest BCUT2D eigenvalue weighted by molar-refractivity contribution is -0.132. The third-order valence-corrected chi connectivity index (χ3v) is 5.86. The first-order chi connectivity index (χ1) is 11.3. The number of carbonyl (C=O) groups is 2. The van der Waals surface area contributed by atoms with E-state index in [1.165, 1.54) is 11.0 Å². The van der Waals surface area contributed by atoms with Crippen molar-refractivity contribution in [1.82, 2.24) is 10.2 Å². The topological polar surface area (TPSA) is 83.6 Å². The van der Waals surface area contributed by atoms with E-state index in [4.69, 9.17) is 11.6 Å². The molecule has 1 atom stereocenters. The van der Waals surface area contributed by atoms with E-state index in [9.17, 15) is 18.0 Å². The third-order valence-electron chi connectivity index (χ3n) is 3.86. The Kier molecular flexibility index (Phi) is 6.01. The van der Waals surface area contributed by atoms with E-state index < -0.39 is 15.7 Å². The molecule has 0 saturated carbocycles. The van der Waals surface area contributed by atoms with Crippen LogP contribution in [0.5, 0.6) is 0 Å². The molecule has 2 amide bonds. The maximum atomic E-state index is 12.0. The Morgan fingerprint density at radius 3 is 2.58 bits per heavy atom. The summed E-state index contributed by atoms with van der Waals surface area (Å²) in [6.07, 6.45) is 3.38. The lowest BCUT2D eigenvalue weighted by Crippen LogP contribution is -2.43. The molecule has 0 radical (unpaired) electrons. The highest BCUT2D eigenvalue weighted by atomic mass is 35.5. The molecule has 2 rings (SSSR count). The largest absolute Gasteiger partial charge is 0.343 e. The zero-order valence-corrected chi connectivity index (χ0v) is 14.8. The normalized spacial score (nSPS) is 19.3. The van der Waals surface area contributed by atoms with E-state index in [1.54, 1.807) is 37.4 Å². The average molecular weight is 371 g/mol. The summed E-state index contributed by atoms with van der Waals surface area (Å²) in [6.45, 7) is -0.170. The number of halogens is 1. The predicted octanol–water partition coefficient (Wildman–Crippen LogP) is 1.11. The van der Waals surface area contributed by atoms with Crippen LogP contribution >= 0.6 is 11.6 Å². The number of amides is 2. The van der Waals surface area contributed by atoms with Crippen LogP contribution in [0.25, 0.3) is 6.08 Å². The summed E-state index contributed by atoms with van der Waals surface area (Å²) < 4.78 is 22.9. The van der Waals surface area contributed by atoms with Crippen LogP contribution in [-0.4, -0.2) is 56.3 Å². The minimum absolute atomic E-state index is 0.0142. The number of benzene rings is 1. The summed E-state index contributed by atoms with van der Waals surface area (Å²) >= 11 is 5.78. The van der Waals surface area contributed by atoms with Gasteiger partial charge in [-0.3, -0.25) is 9.59 Å². The van der Waals surface area contributed by atoms with Crippen molar-refractivity contribution < 1.29 is 18.0 Å². The summed E-state index contributed by atoms with van der Waals surface area (Å²) in [5.74, 6) is -0.624. The number of sulfone groups is 1. The number of hydrogen-bond donors (Lipinski definition) is 1. The maximum absolute atomic E-state index is 12.0. The molecule has 0 aliphatic carbocycles. The van der Waals surface area contributed by atoms with Gasteiger partial charge in [0.15, 0.2) is 9.84 Å². The monoisotopic (exact) mass is 370 g/mol. The molecule has 1 saturated heterocycles. The van der Waals surface area contributed by atoms with Gasteiger partial charge in [0.25, 0.3) is 0 Å². The standard InChI is InChI=1S/C16H19ClN2O4S/c1-19(14-8-9-24(22,23)11-14)16(21)10-18-15(20)7-4-12-2-5-13(17)6-3-12/h2-7,14H,8-11H2,1H3,(H,18,20)/b7-4+. The molecular formula is C16H19ClN2O4S. The zero-order valence-electron chi connectivity index (χ0n) is 13.2. The maximum Gasteiger partial charge on any atom is 0.244 e. The molecule has 1 heterocycles. The fraction of sp³-hybridized carbons (Fsp3) is 0.375. The van der Waals surface area contributed by atoms with Gasteiger partial charge in [-0.15, -0.1) is 0 Å². The van der Waals surface area contributed by atoms with Gasteiger partial charge in [-0.25, -0.2) is 8.42 Å². The molecule has 24 heavy (non-hydrogen) atoms. The molecule has 1 aromatic rings. The van der Waals surface area contributed by atoms with Crippen LogP contribution < -0.4 is 5.32 Å². The summed E-state index contributed by atoms with van der Waals surface area (Å²) in [5, 5.41) is 3.11. The minimum Gasteiger partial charge on any atom is -0.343 e. The lowest BCUT2D eigenvalue weighted by atomic mass is 10.2. The highest BCUT2D eigenvalue weighted by Crippen LogP contribution is 2.16. The van der Waals surface area contributed by atoms with Crippen LogP contribution in [0.2, 0.25) is 5.02 Å². The van der Waals surface area contributed by atoms with E-state index in [2.05, 4.69) is 5.32 Å². The van der Waals surface area contributed by atoms with Crippen LogP contribution in [0.4, 0.5) is 0 Å². The van der Waals surface area contributed by atoms with Crippen LogP contribution in [-0.2, 0) is 19.4 Å². The van der Waals surface area contributed by atoms with Crippen molar-refractivity contribution in [3.05, 3.63) is 40.9 Å². The van der Waals surface area contributed by atoms with Gasteiger partial charge in [-0.2, -0.15) is 0 Å². The Hall–Kier alpha value is -1.86. The quantitative estimate of drug-likeness (QED) is 0.787. The van der Waals surface area contributed by atoms with Crippen molar-refractivity contribution in [2.24, 2.45) is 0 Å². The second-order valence-electron chi connectivity index (χ2n) is 5.66.